The zero-order valence-electron chi connectivity index (χ0n) is 16.3. The molecule has 0 heterocycles. The van der Waals surface area contributed by atoms with Gasteiger partial charge in [0.05, 0.1) is 19.4 Å². The molecule has 5 nitrogen and oxygen atoms in total. The Morgan fingerprint density at radius 1 is 1.11 bits per heavy atom. The summed E-state index contributed by atoms with van der Waals surface area (Å²) in [5, 5.41) is 3.85. The Kier molecular flexibility index (Phi) is 8.36. The number of nitrogens with zero attached hydrogens (tertiary/aromatic N) is 1. The molecule has 1 N–H and O–H groups in total. The van der Waals surface area contributed by atoms with Gasteiger partial charge in [-0.15, -0.1) is 0 Å². The predicted molar refractivity (Wildman–Crippen MR) is 109 cm³/mol. The molecule has 0 bridgehead atoms. The highest BCUT2D eigenvalue weighted by Gasteiger charge is 2.03. The van der Waals surface area contributed by atoms with Gasteiger partial charge >= 0.3 is 0 Å². The molecule has 0 fully saturated rings. The molecule has 0 aromatic heterocycles. The van der Waals surface area contributed by atoms with Crippen LogP contribution >= 0.6 is 0 Å². The third-order valence-corrected chi connectivity index (χ3v) is 4.18. The molecule has 0 saturated heterocycles. The lowest BCUT2D eigenvalue weighted by Crippen LogP contribution is -2.12. The largest absolute Gasteiger partial charge is 0.493 e. The van der Waals surface area contributed by atoms with Gasteiger partial charge in [0.25, 0.3) is 0 Å². The number of carbonyl (C=O) groups excluding carboxylic acids is 1. The highest BCUT2D eigenvalue weighted by molar-refractivity contribution is 5.82. The fourth-order valence-electron chi connectivity index (χ4n) is 2.45. The second-order valence-corrected chi connectivity index (χ2v) is 6.43. The Labute approximate surface area is 161 Å². The van der Waals surface area contributed by atoms with Crippen molar-refractivity contribution < 1.29 is 14.3 Å². The molecule has 0 spiro atoms. The van der Waals surface area contributed by atoms with Crippen molar-refractivity contribution >= 4 is 12.1 Å². The molecule has 0 aliphatic carbocycles. The summed E-state index contributed by atoms with van der Waals surface area (Å²) >= 11 is 0. The SMILES string of the molecule is CCC(C)c1ccc(OCCCOc2cccc(/C=N/NC(C)=O)c2)cc1. The van der Waals surface area contributed by atoms with E-state index in [0.717, 1.165) is 29.9 Å². The minimum atomic E-state index is -0.201. The van der Waals surface area contributed by atoms with E-state index in [1.54, 1.807) is 6.21 Å². The van der Waals surface area contributed by atoms with Crippen LogP contribution in [0.5, 0.6) is 11.5 Å². The van der Waals surface area contributed by atoms with E-state index in [-0.39, 0.29) is 5.91 Å². The van der Waals surface area contributed by atoms with Gasteiger partial charge in [-0.05, 0) is 47.7 Å². The summed E-state index contributed by atoms with van der Waals surface area (Å²) in [6, 6.07) is 15.9. The molecule has 1 unspecified atom stereocenters. The van der Waals surface area contributed by atoms with Crippen molar-refractivity contribution in [3.63, 3.8) is 0 Å². The van der Waals surface area contributed by atoms with E-state index in [2.05, 4.69) is 36.5 Å². The normalized spacial score (nSPS) is 12.0. The molecule has 27 heavy (non-hydrogen) atoms. The van der Waals surface area contributed by atoms with E-state index in [1.165, 1.54) is 12.5 Å². The molecular weight excluding hydrogens is 340 g/mol. The van der Waals surface area contributed by atoms with Crippen LogP contribution < -0.4 is 14.9 Å². The number of carbonyl (C=O) groups is 1. The van der Waals surface area contributed by atoms with Gasteiger partial charge in [-0.3, -0.25) is 4.79 Å². The van der Waals surface area contributed by atoms with Gasteiger partial charge in [0.1, 0.15) is 11.5 Å². The molecule has 144 valence electrons. The van der Waals surface area contributed by atoms with Gasteiger partial charge in [0, 0.05) is 13.3 Å². The van der Waals surface area contributed by atoms with Gasteiger partial charge < -0.3 is 9.47 Å². The summed E-state index contributed by atoms with van der Waals surface area (Å²) < 4.78 is 11.5. The second-order valence-electron chi connectivity index (χ2n) is 6.43. The van der Waals surface area contributed by atoms with Crippen LogP contribution in [0.4, 0.5) is 0 Å². The quantitative estimate of drug-likeness (QED) is 0.381. The van der Waals surface area contributed by atoms with Crippen LogP contribution in [0.15, 0.2) is 53.6 Å². The first-order valence-electron chi connectivity index (χ1n) is 9.33. The van der Waals surface area contributed by atoms with Crippen molar-refractivity contribution in [2.24, 2.45) is 5.10 Å². The molecule has 2 aromatic carbocycles. The maximum absolute atomic E-state index is 10.8. The van der Waals surface area contributed by atoms with Crippen molar-refractivity contribution in [2.75, 3.05) is 13.2 Å². The van der Waals surface area contributed by atoms with E-state index in [4.69, 9.17) is 9.47 Å². The third-order valence-electron chi connectivity index (χ3n) is 4.18. The summed E-state index contributed by atoms with van der Waals surface area (Å²) in [6.45, 7) is 7.01. The highest BCUT2D eigenvalue weighted by Crippen LogP contribution is 2.21. The van der Waals surface area contributed by atoms with E-state index < -0.39 is 0 Å². The van der Waals surface area contributed by atoms with Crippen LogP contribution in [0.3, 0.4) is 0 Å². The summed E-state index contributed by atoms with van der Waals surface area (Å²) in [5.74, 6) is 2.03. The molecular formula is C22H28N2O3. The van der Waals surface area contributed by atoms with Crippen molar-refractivity contribution in [3.05, 3.63) is 59.7 Å². The molecule has 2 rings (SSSR count). The van der Waals surface area contributed by atoms with Crippen LogP contribution in [-0.4, -0.2) is 25.3 Å². The van der Waals surface area contributed by atoms with Crippen LogP contribution in [0.2, 0.25) is 0 Å². The summed E-state index contributed by atoms with van der Waals surface area (Å²) in [5.41, 5.74) is 4.58. The van der Waals surface area contributed by atoms with Crippen molar-refractivity contribution in [3.8, 4) is 11.5 Å². The molecule has 0 aliphatic heterocycles. The summed E-state index contributed by atoms with van der Waals surface area (Å²) in [4.78, 5) is 10.8. The van der Waals surface area contributed by atoms with Gasteiger partial charge in [0.2, 0.25) is 5.91 Å². The number of nitrogens with one attached hydrogen (secondary N) is 1. The molecule has 5 heteroatoms. The molecule has 0 saturated carbocycles. The van der Waals surface area contributed by atoms with Crippen LogP contribution in [0, 0.1) is 0 Å². The Balaban J connectivity index is 1.71. The Hall–Kier alpha value is -2.82. The first-order chi connectivity index (χ1) is 13.1. The topological polar surface area (TPSA) is 59.9 Å². The van der Waals surface area contributed by atoms with Gasteiger partial charge in [-0.25, -0.2) is 5.43 Å². The fraction of sp³-hybridized carbons (Fsp3) is 0.364. The monoisotopic (exact) mass is 368 g/mol. The maximum atomic E-state index is 10.8. The number of hydrogen-bond acceptors (Lipinski definition) is 4. The van der Waals surface area contributed by atoms with Gasteiger partial charge in [-0.2, -0.15) is 5.10 Å². The highest BCUT2D eigenvalue weighted by atomic mass is 16.5. The molecule has 1 atom stereocenters. The number of benzene rings is 2. The average molecular weight is 368 g/mol. The minimum absolute atomic E-state index is 0.201. The van der Waals surface area contributed by atoms with Gasteiger partial charge in [-0.1, -0.05) is 38.1 Å². The van der Waals surface area contributed by atoms with Crippen LogP contribution in [0.1, 0.15) is 50.7 Å². The van der Waals surface area contributed by atoms with Crippen LogP contribution in [0.25, 0.3) is 0 Å². The first-order valence-corrected chi connectivity index (χ1v) is 9.33. The van der Waals surface area contributed by atoms with Crippen molar-refractivity contribution in [2.45, 2.75) is 39.5 Å². The molecule has 1 amide bonds. The number of ether oxygens (including phenoxy) is 2. The lowest BCUT2D eigenvalue weighted by Gasteiger charge is -2.11. The number of amides is 1. The first kappa shape index (κ1) is 20.5. The van der Waals surface area contributed by atoms with E-state index in [0.29, 0.717) is 19.1 Å². The van der Waals surface area contributed by atoms with Gasteiger partial charge in [0.15, 0.2) is 0 Å². The molecule has 0 radical (unpaired) electrons. The van der Waals surface area contributed by atoms with Crippen molar-refractivity contribution in [1.82, 2.24) is 5.43 Å². The summed E-state index contributed by atoms with van der Waals surface area (Å²) in [7, 11) is 0. The van der Waals surface area contributed by atoms with E-state index in [9.17, 15) is 4.79 Å². The second kappa shape index (κ2) is 11.0. The Bertz CT molecular complexity index is 741. The Morgan fingerprint density at radius 3 is 2.48 bits per heavy atom. The van der Waals surface area contributed by atoms with Crippen LogP contribution in [-0.2, 0) is 4.79 Å². The summed E-state index contributed by atoms with van der Waals surface area (Å²) in [6.07, 6.45) is 3.51. The molecule has 0 aliphatic rings. The van der Waals surface area contributed by atoms with E-state index >= 15 is 0 Å². The smallest absolute Gasteiger partial charge is 0.236 e. The van der Waals surface area contributed by atoms with E-state index in [1.807, 2.05) is 36.4 Å². The predicted octanol–water partition coefficient (Wildman–Crippen LogP) is 4.52. The average Bonchev–Trinajstić information content (AvgIpc) is 2.67. The number of hydrogen-bond donors (Lipinski definition) is 1. The number of rotatable bonds is 10. The lowest BCUT2D eigenvalue weighted by atomic mass is 9.99. The fourth-order valence-corrected chi connectivity index (χ4v) is 2.45. The third kappa shape index (κ3) is 7.52. The zero-order chi connectivity index (χ0) is 19.5. The number of hydrazone groups is 1. The lowest BCUT2D eigenvalue weighted by molar-refractivity contribution is -0.118. The zero-order valence-corrected chi connectivity index (χ0v) is 16.3. The maximum Gasteiger partial charge on any atom is 0.236 e. The minimum Gasteiger partial charge on any atom is -0.493 e. The standard InChI is InChI=1S/C22H28N2O3/c1-4-17(2)20-9-11-21(12-10-20)26-13-6-14-27-22-8-5-7-19(15-22)16-23-24-18(3)25/h5,7-12,15-17H,4,6,13-14H2,1-3H3,(H,24,25)/b23-16+. The molecule has 2 aromatic rings. The Morgan fingerprint density at radius 2 is 1.81 bits per heavy atom. The van der Waals surface area contributed by atoms with Crippen molar-refractivity contribution in [1.29, 1.82) is 0 Å².